The summed E-state index contributed by atoms with van der Waals surface area (Å²) in [5.74, 6) is 3.45. The summed E-state index contributed by atoms with van der Waals surface area (Å²) >= 11 is 0. The van der Waals surface area contributed by atoms with Crippen molar-refractivity contribution in [1.82, 2.24) is 9.80 Å². The molecule has 4 heterocycles. The maximum absolute atomic E-state index is 5.90. The van der Waals surface area contributed by atoms with Crippen LogP contribution in [0.4, 0.5) is 0 Å². The summed E-state index contributed by atoms with van der Waals surface area (Å²) < 4.78 is 21.4. The number of likely N-dealkylation sites (tertiary alicyclic amines) is 2. The third kappa shape index (κ3) is 5.93. The molecule has 0 saturated carbocycles. The Morgan fingerprint density at radius 2 is 0.971 bits per heavy atom. The molecule has 0 amide bonds. The molecule has 4 N–H and O–H groups in total. The highest BCUT2D eigenvalue weighted by molar-refractivity contribution is 5.45. The van der Waals surface area contributed by atoms with Crippen LogP contribution in [0.25, 0.3) is 0 Å². The van der Waals surface area contributed by atoms with E-state index >= 15 is 0 Å². The molecule has 184 valence electrons. The first kappa shape index (κ1) is 23.2. The molecule has 34 heavy (non-hydrogen) atoms. The Bertz CT molecular complexity index is 878. The summed E-state index contributed by atoms with van der Waals surface area (Å²) in [6.45, 7) is 7.01. The first-order valence-corrected chi connectivity index (χ1v) is 12.4. The first-order valence-electron chi connectivity index (χ1n) is 12.4. The number of fused-ring (bicyclic) bond motifs is 2. The predicted octanol–water partition coefficient (Wildman–Crippen LogP) is 2.68. The molecule has 2 saturated heterocycles. The Kier molecular flexibility index (Phi) is 7.39. The van der Waals surface area contributed by atoms with E-state index in [0.29, 0.717) is 25.7 Å². The fraction of sp³-hybridized carbons (Fsp3) is 0.538. The van der Waals surface area contributed by atoms with Crippen LogP contribution in [0.2, 0.25) is 0 Å². The summed E-state index contributed by atoms with van der Waals surface area (Å²) in [7, 11) is 0. The summed E-state index contributed by atoms with van der Waals surface area (Å²) in [5, 5.41) is 0. The van der Waals surface area contributed by atoms with Gasteiger partial charge in [0.1, 0.15) is 0 Å². The van der Waals surface area contributed by atoms with Gasteiger partial charge in [-0.1, -0.05) is 12.1 Å². The lowest BCUT2D eigenvalue weighted by Gasteiger charge is -2.30. The molecule has 4 aliphatic rings. The maximum Gasteiger partial charge on any atom is 0.231 e. The molecule has 0 aliphatic carbocycles. The lowest BCUT2D eigenvalue weighted by atomic mass is 10.1. The van der Waals surface area contributed by atoms with Gasteiger partial charge in [-0.25, -0.2) is 0 Å². The van der Waals surface area contributed by atoms with E-state index in [-0.39, 0.29) is 0 Å². The van der Waals surface area contributed by atoms with E-state index in [9.17, 15) is 0 Å². The minimum Gasteiger partial charge on any atom is -0.454 e. The van der Waals surface area contributed by atoms with Crippen LogP contribution in [0.3, 0.4) is 0 Å². The Hall–Kier alpha value is -2.52. The van der Waals surface area contributed by atoms with Gasteiger partial charge >= 0.3 is 0 Å². The quantitative estimate of drug-likeness (QED) is 0.707. The number of benzene rings is 2. The van der Waals surface area contributed by atoms with Crippen LogP contribution in [-0.4, -0.2) is 61.6 Å². The highest BCUT2D eigenvalue weighted by atomic mass is 16.7. The summed E-state index contributed by atoms with van der Waals surface area (Å²) in [6.07, 6.45) is 4.41. The Morgan fingerprint density at radius 3 is 1.38 bits per heavy atom. The van der Waals surface area contributed by atoms with Gasteiger partial charge < -0.3 is 30.4 Å². The maximum atomic E-state index is 5.90. The first-order chi connectivity index (χ1) is 16.6. The van der Waals surface area contributed by atoms with E-state index in [1.807, 2.05) is 12.1 Å². The van der Waals surface area contributed by atoms with Gasteiger partial charge in [-0.15, -0.1) is 0 Å². The lowest BCUT2D eigenvalue weighted by Crippen LogP contribution is -2.39. The molecule has 2 aromatic carbocycles. The highest BCUT2D eigenvalue weighted by Crippen LogP contribution is 2.34. The number of hydrogen-bond acceptors (Lipinski definition) is 8. The van der Waals surface area contributed by atoms with Crippen LogP contribution >= 0.6 is 0 Å². The second-order valence-corrected chi connectivity index (χ2v) is 9.60. The van der Waals surface area contributed by atoms with Crippen LogP contribution in [0.15, 0.2) is 36.4 Å². The molecule has 2 aromatic rings. The average Bonchev–Trinajstić information content (AvgIpc) is 3.51. The minimum absolute atomic E-state index is 0.345. The molecular weight excluding hydrogens is 432 g/mol. The van der Waals surface area contributed by atoms with Crippen molar-refractivity contribution in [2.75, 3.05) is 39.8 Å². The second kappa shape index (κ2) is 10.8. The second-order valence-electron chi connectivity index (χ2n) is 9.60. The topological polar surface area (TPSA) is 95.4 Å². The fourth-order valence-electron chi connectivity index (χ4n) is 4.82. The zero-order valence-corrected chi connectivity index (χ0v) is 19.8. The van der Waals surface area contributed by atoms with Gasteiger partial charge in [0.15, 0.2) is 23.0 Å². The number of ether oxygens (including phenoxy) is 4. The molecule has 4 aliphatic heterocycles. The normalized spacial score (nSPS) is 20.8. The third-order valence-electron chi connectivity index (χ3n) is 6.95. The number of nitrogens with zero attached hydrogens (tertiary/aromatic N) is 2. The van der Waals surface area contributed by atoms with Gasteiger partial charge in [0.2, 0.25) is 13.6 Å². The highest BCUT2D eigenvalue weighted by Gasteiger charge is 2.19. The summed E-state index contributed by atoms with van der Waals surface area (Å²) in [4.78, 5) is 4.89. The molecule has 6 rings (SSSR count). The van der Waals surface area contributed by atoms with Crippen LogP contribution in [0.5, 0.6) is 23.0 Å². The molecule has 8 heteroatoms. The number of hydrogen-bond donors (Lipinski definition) is 2. The molecule has 0 spiro atoms. The summed E-state index contributed by atoms with van der Waals surface area (Å²) in [6, 6.07) is 13.2. The molecular formula is C26H36N4O4. The van der Waals surface area contributed by atoms with Crippen molar-refractivity contribution >= 4 is 0 Å². The van der Waals surface area contributed by atoms with Crippen molar-refractivity contribution in [3.8, 4) is 23.0 Å². The van der Waals surface area contributed by atoms with Crippen LogP contribution in [-0.2, 0) is 13.1 Å². The monoisotopic (exact) mass is 468 g/mol. The molecule has 0 bridgehead atoms. The van der Waals surface area contributed by atoms with Crippen molar-refractivity contribution < 1.29 is 18.9 Å². The molecule has 2 fully saturated rings. The van der Waals surface area contributed by atoms with Gasteiger partial charge in [-0.2, -0.15) is 0 Å². The Morgan fingerprint density at radius 1 is 0.588 bits per heavy atom. The van der Waals surface area contributed by atoms with Gasteiger partial charge in [0.05, 0.1) is 0 Å². The van der Waals surface area contributed by atoms with Gasteiger partial charge in [-0.3, -0.25) is 9.80 Å². The van der Waals surface area contributed by atoms with Crippen LogP contribution in [0.1, 0.15) is 36.8 Å². The van der Waals surface area contributed by atoms with Gasteiger partial charge in [0, 0.05) is 25.2 Å². The minimum atomic E-state index is 0.345. The van der Waals surface area contributed by atoms with E-state index in [1.165, 1.54) is 11.1 Å². The van der Waals surface area contributed by atoms with Crippen LogP contribution in [0, 0.1) is 0 Å². The van der Waals surface area contributed by atoms with Crippen molar-refractivity contribution in [2.24, 2.45) is 11.5 Å². The van der Waals surface area contributed by atoms with Crippen LogP contribution < -0.4 is 30.4 Å². The third-order valence-corrected chi connectivity index (χ3v) is 6.95. The smallest absolute Gasteiger partial charge is 0.231 e. The van der Waals surface area contributed by atoms with Gasteiger partial charge in [0.25, 0.3) is 0 Å². The van der Waals surface area contributed by atoms with Crippen molar-refractivity contribution in [1.29, 1.82) is 0 Å². The SMILES string of the molecule is NC1CCN(Cc2ccc3c(c2)OCO3)CC1.NC1CCN(Cc2ccc3c(c2)OCO3)CC1. The molecule has 0 radical (unpaired) electrons. The van der Waals surface area contributed by atoms with E-state index in [1.54, 1.807) is 0 Å². The van der Waals surface area contributed by atoms with E-state index < -0.39 is 0 Å². The number of piperidine rings is 2. The molecule has 0 atom stereocenters. The summed E-state index contributed by atoms with van der Waals surface area (Å²) in [5.41, 5.74) is 14.4. The number of rotatable bonds is 4. The largest absolute Gasteiger partial charge is 0.454 e. The fourth-order valence-corrected chi connectivity index (χ4v) is 4.82. The Balaban J connectivity index is 0.000000142. The van der Waals surface area contributed by atoms with Crippen molar-refractivity contribution in [3.63, 3.8) is 0 Å². The molecule has 0 unspecified atom stereocenters. The van der Waals surface area contributed by atoms with Crippen molar-refractivity contribution in [3.05, 3.63) is 47.5 Å². The van der Waals surface area contributed by atoms with E-state index in [2.05, 4.69) is 34.1 Å². The standard InChI is InChI=1S/2C13H18N2O2/c2*14-11-3-5-15(6-4-11)8-10-1-2-12-13(7-10)17-9-16-12/h2*1-2,7,11H,3-6,8-9,14H2. The van der Waals surface area contributed by atoms with E-state index in [0.717, 1.165) is 87.9 Å². The van der Waals surface area contributed by atoms with E-state index in [4.69, 9.17) is 30.4 Å². The van der Waals surface area contributed by atoms with Gasteiger partial charge in [-0.05, 0) is 87.3 Å². The number of nitrogens with two attached hydrogens (primary N) is 2. The molecule has 8 nitrogen and oxygen atoms in total. The molecule has 0 aromatic heterocycles. The average molecular weight is 469 g/mol. The lowest BCUT2D eigenvalue weighted by molar-refractivity contribution is 0.173. The Labute approximate surface area is 201 Å². The van der Waals surface area contributed by atoms with Crippen molar-refractivity contribution in [2.45, 2.75) is 50.9 Å². The zero-order chi connectivity index (χ0) is 23.3. The zero-order valence-electron chi connectivity index (χ0n) is 19.8. The predicted molar refractivity (Wildman–Crippen MR) is 130 cm³/mol.